The molecule has 0 spiro atoms. The van der Waals surface area contributed by atoms with Crippen LogP contribution in [0.2, 0.25) is 0 Å². The fourth-order valence-corrected chi connectivity index (χ4v) is 2.84. The van der Waals surface area contributed by atoms with E-state index in [0.29, 0.717) is 27.8 Å². The zero-order valence-electron chi connectivity index (χ0n) is 14.5. The third-order valence-electron chi connectivity index (χ3n) is 4.18. The van der Waals surface area contributed by atoms with Crippen molar-refractivity contribution >= 4 is 39.6 Å². The number of nitrogens with one attached hydrogen (secondary N) is 1. The molecule has 0 aliphatic heterocycles. The second-order valence-corrected chi connectivity index (χ2v) is 5.91. The summed E-state index contributed by atoms with van der Waals surface area (Å²) >= 11 is 0. The summed E-state index contributed by atoms with van der Waals surface area (Å²) in [6.07, 6.45) is 0. The normalized spacial score (nSPS) is 10.7. The van der Waals surface area contributed by atoms with Gasteiger partial charge in [0.25, 0.3) is 5.91 Å². The van der Waals surface area contributed by atoms with Crippen molar-refractivity contribution in [3.05, 3.63) is 77.9 Å². The van der Waals surface area contributed by atoms with Crippen molar-refractivity contribution in [3.63, 3.8) is 0 Å². The van der Waals surface area contributed by atoms with Crippen LogP contribution in [0.5, 0.6) is 0 Å². The van der Waals surface area contributed by atoms with Crippen molar-refractivity contribution < 1.29 is 14.3 Å². The highest BCUT2D eigenvalue weighted by molar-refractivity contribution is 6.09. The summed E-state index contributed by atoms with van der Waals surface area (Å²) in [6, 6.07) is 19.4. The average Bonchev–Trinajstić information content (AvgIpc) is 2.71. The van der Waals surface area contributed by atoms with Gasteiger partial charge in [-0.2, -0.15) is 0 Å². The number of hydrogen-bond donors (Lipinski definition) is 1. The number of carbonyl (C=O) groups excluding carboxylic acids is 2. The maximum atomic E-state index is 12.7. The highest BCUT2D eigenvalue weighted by Crippen LogP contribution is 2.20. The lowest BCUT2D eigenvalue weighted by Gasteiger charge is -2.10. The number of rotatable bonds is 3. The molecule has 0 radical (unpaired) electrons. The maximum Gasteiger partial charge on any atom is 0.339 e. The van der Waals surface area contributed by atoms with Crippen LogP contribution < -0.4 is 5.32 Å². The predicted octanol–water partition coefficient (Wildman–Crippen LogP) is 3.82. The first-order valence-corrected chi connectivity index (χ1v) is 8.31. The highest BCUT2D eigenvalue weighted by Gasteiger charge is 2.15. The van der Waals surface area contributed by atoms with E-state index in [2.05, 4.69) is 15.3 Å². The molecule has 1 heterocycles. The summed E-state index contributed by atoms with van der Waals surface area (Å²) in [6.45, 7) is 0. The molecule has 1 aromatic heterocycles. The quantitative estimate of drug-likeness (QED) is 0.445. The Morgan fingerprint density at radius 2 is 1.44 bits per heavy atom. The van der Waals surface area contributed by atoms with Gasteiger partial charge in [-0.15, -0.1) is 0 Å². The third-order valence-corrected chi connectivity index (χ3v) is 4.18. The highest BCUT2D eigenvalue weighted by atomic mass is 16.5. The molecule has 132 valence electrons. The van der Waals surface area contributed by atoms with E-state index < -0.39 is 5.97 Å². The molecule has 0 aliphatic rings. The summed E-state index contributed by atoms with van der Waals surface area (Å²) in [7, 11) is 1.30. The van der Waals surface area contributed by atoms with Gasteiger partial charge in [0.1, 0.15) is 0 Å². The van der Waals surface area contributed by atoms with Gasteiger partial charge in [0, 0.05) is 5.56 Å². The number of para-hydroxylation sites is 3. The summed E-state index contributed by atoms with van der Waals surface area (Å²) in [5.41, 5.74) is 4.00. The van der Waals surface area contributed by atoms with Crippen LogP contribution in [0.1, 0.15) is 20.7 Å². The first kappa shape index (κ1) is 16.7. The van der Waals surface area contributed by atoms with Gasteiger partial charge in [-0.05, 0) is 42.5 Å². The Morgan fingerprint density at radius 3 is 2.19 bits per heavy atom. The van der Waals surface area contributed by atoms with E-state index in [1.54, 1.807) is 42.5 Å². The Kier molecular flexibility index (Phi) is 4.22. The van der Waals surface area contributed by atoms with E-state index in [9.17, 15) is 9.59 Å². The molecule has 0 unspecified atom stereocenters. The fourth-order valence-electron chi connectivity index (χ4n) is 2.84. The van der Waals surface area contributed by atoms with Crippen molar-refractivity contribution in [2.45, 2.75) is 0 Å². The molecular weight excluding hydrogens is 342 g/mol. The standard InChI is InChI=1S/C21H15N3O3/c1-27-21(26)14-6-2-3-7-15(14)24-20(25)13-10-11-18-19(12-13)23-17-9-5-4-8-16(17)22-18/h2-12H,1H3,(H,24,25). The number of ether oxygens (including phenoxy) is 1. The Morgan fingerprint density at radius 1 is 0.815 bits per heavy atom. The second-order valence-electron chi connectivity index (χ2n) is 5.91. The molecule has 3 aromatic carbocycles. The van der Waals surface area contributed by atoms with Crippen molar-refractivity contribution in [1.82, 2.24) is 9.97 Å². The van der Waals surface area contributed by atoms with E-state index >= 15 is 0 Å². The number of benzene rings is 3. The van der Waals surface area contributed by atoms with E-state index in [1.165, 1.54) is 7.11 Å². The maximum absolute atomic E-state index is 12.7. The van der Waals surface area contributed by atoms with Crippen LogP contribution >= 0.6 is 0 Å². The molecule has 0 atom stereocenters. The van der Waals surface area contributed by atoms with E-state index in [4.69, 9.17) is 4.74 Å². The van der Waals surface area contributed by atoms with Crippen molar-refractivity contribution in [1.29, 1.82) is 0 Å². The summed E-state index contributed by atoms with van der Waals surface area (Å²) < 4.78 is 4.75. The number of fused-ring (bicyclic) bond motifs is 2. The first-order chi connectivity index (χ1) is 13.2. The largest absolute Gasteiger partial charge is 0.465 e. The summed E-state index contributed by atoms with van der Waals surface area (Å²) in [5.74, 6) is -0.857. The molecule has 6 nitrogen and oxygen atoms in total. The number of esters is 1. The number of carbonyl (C=O) groups is 2. The summed E-state index contributed by atoms with van der Waals surface area (Å²) in [4.78, 5) is 33.7. The lowest BCUT2D eigenvalue weighted by Crippen LogP contribution is -2.15. The van der Waals surface area contributed by atoms with Gasteiger partial charge >= 0.3 is 5.97 Å². The lowest BCUT2D eigenvalue weighted by molar-refractivity contribution is 0.0602. The zero-order valence-corrected chi connectivity index (χ0v) is 14.5. The molecule has 0 bridgehead atoms. The van der Waals surface area contributed by atoms with Gasteiger partial charge in [-0.25, -0.2) is 14.8 Å². The zero-order chi connectivity index (χ0) is 18.8. The molecule has 4 rings (SSSR count). The molecule has 4 aromatic rings. The van der Waals surface area contributed by atoms with E-state index in [0.717, 1.165) is 11.0 Å². The number of anilines is 1. The van der Waals surface area contributed by atoms with Gasteiger partial charge in [0.15, 0.2) is 0 Å². The molecular formula is C21H15N3O3. The second kappa shape index (κ2) is 6.84. The van der Waals surface area contributed by atoms with Gasteiger partial charge in [-0.1, -0.05) is 24.3 Å². The van der Waals surface area contributed by atoms with Crippen LogP contribution in [0, 0.1) is 0 Å². The van der Waals surface area contributed by atoms with Gasteiger partial charge in [0.05, 0.1) is 40.4 Å². The predicted molar refractivity (Wildman–Crippen MR) is 103 cm³/mol. The van der Waals surface area contributed by atoms with Crippen molar-refractivity contribution in [3.8, 4) is 0 Å². The van der Waals surface area contributed by atoms with Gasteiger partial charge < -0.3 is 10.1 Å². The molecule has 6 heteroatoms. The molecule has 1 amide bonds. The minimum atomic E-state index is -0.512. The minimum absolute atomic E-state index is 0.292. The number of hydrogen-bond acceptors (Lipinski definition) is 5. The average molecular weight is 357 g/mol. The molecule has 0 aliphatic carbocycles. The van der Waals surface area contributed by atoms with Gasteiger partial charge in [0.2, 0.25) is 0 Å². The fraction of sp³-hybridized carbons (Fsp3) is 0.0476. The van der Waals surface area contributed by atoms with Crippen LogP contribution in [0.3, 0.4) is 0 Å². The van der Waals surface area contributed by atoms with E-state index in [-0.39, 0.29) is 5.91 Å². The number of amides is 1. The number of methoxy groups -OCH3 is 1. The lowest BCUT2D eigenvalue weighted by atomic mass is 10.1. The van der Waals surface area contributed by atoms with Crippen molar-refractivity contribution in [2.75, 3.05) is 12.4 Å². The van der Waals surface area contributed by atoms with Crippen LogP contribution in [0.15, 0.2) is 66.7 Å². The monoisotopic (exact) mass is 357 g/mol. The molecule has 0 saturated carbocycles. The van der Waals surface area contributed by atoms with Crippen LogP contribution in [-0.2, 0) is 4.74 Å². The molecule has 27 heavy (non-hydrogen) atoms. The topological polar surface area (TPSA) is 81.2 Å². The molecule has 1 N–H and O–H groups in total. The van der Waals surface area contributed by atoms with Gasteiger partial charge in [-0.3, -0.25) is 4.79 Å². The Labute approximate surface area is 154 Å². The first-order valence-electron chi connectivity index (χ1n) is 8.31. The van der Waals surface area contributed by atoms with Crippen LogP contribution in [0.25, 0.3) is 22.1 Å². The third kappa shape index (κ3) is 3.20. The summed E-state index contributed by atoms with van der Waals surface area (Å²) in [5, 5.41) is 2.76. The molecule has 0 fully saturated rings. The van der Waals surface area contributed by atoms with E-state index in [1.807, 2.05) is 24.3 Å². The molecule has 0 saturated heterocycles. The van der Waals surface area contributed by atoms with Crippen molar-refractivity contribution in [2.24, 2.45) is 0 Å². The Balaban J connectivity index is 1.69. The minimum Gasteiger partial charge on any atom is -0.465 e. The smallest absolute Gasteiger partial charge is 0.339 e. The Bertz CT molecular complexity index is 1190. The Hall–Kier alpha value is -3.80. The van der Waals surface area contributed by atoms with Crippen LogP contribution in [0.4, 0.5) is 5.69 Å². The number of aromatic nitrogens is 2. The van der Waals surface area contributed by atoms with Crippen LogP contribution in [-0.4, -0.2) is 29.0 Å². The number of nitrogens with zero attached hydrogens (tertiary/aromatic N) is 2. The SMILES string of the molecule is COC(=O)c1ccccc1NC(=O)c1ccc2nc3ccccc3nc2c1.